The van der Waals surface area contributed by atoms with E-state index in [1.807, 2.05) is 48.5 Å². The number of thioether (sulfide) groups is 1. The third kappa shape index (κ3) is 4.39. The van der Waals surface area contributed by atoms with Gasteiger partial charge in [-0.3, -0.25) is 9.59 Å². The molecule has 0 fully saturated rings. The lowest BCUT2D eigenvalue weighted by molar-refractivity contribution is -0.119. The van der Waals surface area contributed by atoms with E-state index in [1.165, 1.54) is 11.8 Å². The molecule has 2 aliphatic heterocycles. The highest BCUT2D eigenvalue weighted by atomic mass is 32.2. The Balaban J connectivity index is 1.40. The van der Waals surface area contributed by atoms with E-state index in [1.54, 1.807) is 0 Å². The van der Waals surface area contributed by atoms with Crippen LogP contribution in [0, 0.1) is 11.3 Å². The lowest BCUT2D eigenvalue weighted by Gasteiger charge is -2.33. The first-order valence-corrected chi connectivity index (χ1v) is 12.1. The Morgan fingerprint density at radius 3 is 2.79 bits per heavy atom. The van der Waals surface area contributed by atoms with Gasteiger partial charge in [-0.15, -0.1) is 0 Å². The minimum atomic E-state index is -0.501. The summed E-state index contributed by atoms with van der Waals surface area (Å²) in [6, 6.07) is 17.5. The number of amides is 1. The average molecular weight is 474 g/mol. The van der Waals surface area contributed by atoms with Gasteiger partial charge in [-0.1, -0.05) is 48.2 Å². The molecule has 0 bridgehead atoms. The minimum absolute atomic E-state index is 0.0498. The molecule has 5 rings (SSSR count). The molecule has 2 aromatic rings. The Labute approximate surface area is 201 Å². The van der Waals surface area contributed by atoms with Crippen molar-refractivity contribution in [2.45, 2.75) is 31.7 Å². The maximum Gasteiger partial charge on any atom is 0.231 e. The molecule has 1 aliphatic carbocycles. The second-order valence-electron chi connectivity index (χ2n) is 8.25. The summed E-state index contributed by atoms with van der Waals surface area (Å²) in [7, 11) is 0. The van der Waals surface area contributed by atoms with Gasteiger partial charge >= 0.3 is 0 Å². The molecule has 0 spiro atoms. The van der Waals surface area contributed by atoms with E-state index in [2.05, 4.69) is 16.7 Å². The van der Waals surface area contributed by atoms with Crippen molar-refractivity contribution in [3.05, 3.63) is 81.5 Å². The quantitative estimate of drug-likeness (QED) is 0.656. The number of hydrogen-bond acceptors (Lipinski definition) is 7. The molecule has 2 N–H and O–H groups in total. The van der Waals surface area contributed by atoms with E-state index < -0.39 is 5.92 Å². The summed E-state index contributed by atoms with van der Waals surface area (Å²) in [4.78, 5) is 25.4. The molecule has 7 nitrogen and oxygen atoms in total. The highest BCUT2D eigenvalue weighted by Crippen LogP contribution is 2.46. The van der Waals surface area contributed by atoms with Crippen LogP contribution < -0.4 is 20.1 Å². The van der Waals surface area contributed by atoms with Crippen LogP contribution in [0.25, 0.3) is 0 Å². The molecule has 2 heterocycles. The Morgan fingerprint density at radius 2 is 1.97 bits per heavy atom. The molecule has 0 unspecified atom stereocenters. The average Bonchev–Trinajstić information content (AvgIpc) is 3.34. The molecular formula is C26H23N3O4S. The first kappa shape index (κ1) is 22.1. The number of ketones is 1. The van der Waals surface area contributed by atoms with Gasteiger partial charge in [0.15, 0.2) is 17.3 Å². The fourth-order valence-electron chi connectivity index (χ4n) is 4.45. The summed E-state index contributed by atoms with van der Waals surface area (Å²) < 4.78 is 11.0. The van der Waals surface area contributed by atoms with Crippen LogP contribution in [0.2, 0.25) is 0 Å². The monoisotopic (exact) mass is 473 g/mol. The molecular weight excluding hydrogens is 450 g/mol. The number of dihydropyridines is 1. The Hall–Kier alpha value is -3.70. The number of allylic oxidation sites excluding steroid dienone is 3. The Kier molecular flexibility index (Phi) is 6.28. The molecule has 0 saturated carbocycles. The summed E-state index contributed by atoms with van der Waals surface area (Å²) in [6.07, 6.45) is 1.95. The second-order valence-corrected chi connectivity index (χ2v) is 9.23. The molecule has 3 aliphatic rings. The molecule has 34 heavy (non-hydrogen) atoms. The van der Waals surface area contributed by atoms with E-state index in [0.29, 0.717) is 40.6 Å². The van der Waals surface area contributed by atoms with Crippen LogP contribution in [0.1, 0.15) is 36.3 Å². The summed E-state index contributed by atoms with van der Waals surface area (Å²) in [5, 5.41) is 17.0. The maximum absolute atomic E-state index is 12.9. The van der Waals surface area contributed by atoms with Crippen molar-refractivity contribution in [2.24, 2.45) is 0 Å². The predicted octanol–water partition coefficient (Wildman–Crippen LogP) is 3.89. The van der Waals surface area contributed by atoms with Crippen LogP contribution in [0.3, 0.4) is 0 Å². The number of carbonyl (C=O) groups is 2. The molecule has 2 aromatic carbocycles. The topological polar surface area (TPSA) is 100 Å². The number of ether oxygens (including phenoxy) is 2. The first-order chi connectivity index (χ1) is 16.6. The van der Waals surface area contributed by atoms with Crippen molar-refractivity contribution in [2.75, 3.05) is 12.5 Å². The van der Waals surface area contributed by atoms with E-state index in [0.717, 1.165) is 29.7 Å². The second kappa shape index (κ2) is 9.65. The van der Waals surface area contributed by atoms with Gasteiger partial charge in [0.1, 0.15) is 0 Å². The number of benzene rings is 2. The maximum atomic E-state index is 12.9. The number of fused-ring (bicyclic) bond motifs is 1. The van der Waals surface area contributed by atoms with Crippen LogP contribution in [-0.2, 0) is 16.1 Å². The molecule has 0 radical (unpaired) electrons. The van der Waals surface area contributed by atoms with Gasteiger partial charge in [0.25, 0.3) is 0 Å². The Morgan fingerprint density at radius 1 is 1.15 bits per heavy atom. The zero-order chi connectivity index (χ0) is 23.5. The van der Waals surface area contributed by atoms with Crippen molar-refractivity contribution in [3.63, 3.8) is 0 Å². The van der Waals surface area contributed by atoms with Crippen LogP contribution >= 0.6 is 11.8 Å². The normalized spacial score (nSPS) is 18.8. The van der Waals surface area contributed by atoms with Gasteiger partial charge in [-0.2, -0.15) is 5.26 Å². The van der Waals surface area contributed by atoms with Gasteiger partial charge in [0.05, 0.1) is 28.3 Å². The lowest BCUT2D eigenvalue weighted by atomic mass is 9.77. The highest BCUT2D eigenvalue weighted by molar-refractivity contribution is 8.03. The van der Waals surface area contributed by atoms with Gasteiger partial charge in [-0.25, -0.2) is 0 Å². The van der Waals surface area contributed by atoms with E-state index in [4.69, 9.17) is 9.47 Å². The smallest absolute Gasteiger partial charge is 0.231 e. The van der Waals surface area contributed by atoms with Crippen LogP contribution in [-0.4, -0.2) is 24.2 Å². The van der Waals surface area contributed by atoms with Crippen molar-refractivity contribution >= 4 is 23.5 Å². The number of rotatable bonds is 6. The zero-order valence-corrected chi connectivity index (χ0v) is 19.2. The van der Waals surface area contributed by atoms with Crippen LogP contribution in [0.5, 0.6) is 11.5 Å². The summed E-state index contributed by atoms with van der Waals surface area (Å²) >= 11 is 1.29. The number of hydrogen-bond donors (Lipinski definition) is 2. The summed E-state index contributed by atoms with van der Waals surface area (Å²) in [5.41, 5.74) is 3.74. The largest absolute Gasteiger partial charge is 0.454 e. The molecule has 1 amide bonds. The number of Topliss-reactive ketones (excluding diaryl/α,β-unsaturated/α-hetero) is 1. The predicted molar refractivity (Wildman–Crippen MR) is 128 cm³/mol. The van der Waals surface area contributed by atoms with Crippen LogP contribution in [0.4, 0.5) is 0 Å². The van der Waals surface area contributed by atoms with Gasteiger partial charge in [-0.05, 0) is 36.1 Å². The zero-order valence-electron chi connectivity index (χ0n) is 18.4. The minimum Gasteiger partial charge on any atom is -0.454 e. The van der Waals surface area contributed by atoms with E-state index in [-0.39, 0.29) is 24.2 Å². The van der Waals surface area contributed by atoms with Crippen molar-refractivity contribution in [3.8, 4) is 17.6 Å². The van der Waals surface area contributed by atoms with Gasteiger partial charge in [0, 0.05) is 24.2 Å². The van der Waals surface area contributed by atoms with Crippen molar-refractivity contribution in [1.82, 2.24) is 10.6 Å². The SMILES string of the molecule is N#CC1=C(SCC(=O)NCc2ccccc2)NC2=C(C(=O)CCC2)[C@H]1c1ccc2c(c1)OCO2. The summed E-state index contributed by atoms with van der Waals surface area (Å²) in [6.45, 7) is 0.597. The lowest BCUT2D eigenvalue weighted by Crippen LogP contribution is -2.32. The van der Waals surface area contributed by atoms with Crippen molar-refractivity contribution in [1.29, 1.82) is 5.26 Å². The molecule has 8 heteroatoms. The molecule has 0 aromatic heterocycles. The first-order valence-electron chi connectivity index (χ1n) is 11.1. The number of nitrogens with one attached hydrogen (secondary N) is 2. The van der Waals surface area contributed by atoms with E-state index in [9.17, 15) is 14.9 Å². The third-order valence-electron chi connectivity index (χ3n) is 6.07. The van der Waals surface area contributed by atoms with Crippen LogP contribution in [0.15, 0.2) is 70.4 Å². The number of nitrogens with zero attached hydrogens (tertiary/aromatic N) is 1. The highest BCUT2D eigenvalue weighted by Gasteiger charge is 2.37. The molecule has 172 valence electrons. The van der Waals surface area contributed by atoms with Gasteiger partial charge < -0.3 is 20.1 Å². The fraction of sp³-hybridized carbons (Fsp3) is 0.269. The summed E-state index contributed by atoms with van der Waals surface area (Å²) in [5.74, 6) is 0.833. The Bertz CT molecular complexity index is 1250. The molecule has 1 atom stereocenters. The standard InChI is InChI=1S/C26H23N3O4S/c27-12-18-24(17-9-10-21-22(11-17)33-15-32-21)25-19(7-4-8-20(25)30)29-26(18)34-14-23(31)28-13-16-5-2-1-3-6-16/h1-3,5-6,9-11,24,29H,4,7-8,13-15H2,(H,28,31)/t24-/m0/s1. The number of carbonyl (C=O) groups excluding carboxylic acids is 2. The molecule has 0 saturated heterocycles. The third-order valence-corrected chi connectivity index (χ3v) is 7.09. The fourth-order valence-corrected chi connectivity index (χ4v) is 5.34. The van der Waals surface area contributed by atoms with Crippen molar-refractivity contribution < 1.29 is 19.1 Å². The van der Waals surface area contributed by atoms with Gasteiger partial charge in [0.2, 0.25) is 12.7 Å². The van der Waals surface area contributed by atoms with E-state index >= 15 is 0 Å². The number of nitriles is 1.